The number of halogens is 1. The molecule has 0 unspecified atom stereocenters. The number of amides is 2. The molecule has 0 aliphatic heterocycles. The summed E-state index contributed by atoms with van der Waals surface area (Å²) in [5, 5.41) is 7.71. The third-order valence-electron chi connectivity index (χ3n) is 5.05. The molecule has 1 aromatic heterocycles. The minimum absolute atomic E-state index is 0.0308. The molecule has 0 aliphatic carbocycles. The van der Waals surface area contributed by atoms with Gasteiger partial charge in [-0.3, -0.25) is 9.59 Å². The third kappa shape index (κ3) is 6.33. The highest BCUT2D eigenvalue weighted by Crippen LogP contribution is 2.27. The van der Waals surface area contributed by atoms with E-state index in [4.69, 9.17) is 16.7 Å². The van der Waals surface area contributed by atoms with Crippen molar-refractivity contribution in [2.45, 2.75) is 60.3 Å². The zero-order valence-corrected chi connectivity index (χ0v) is 20.5. The first-order valence-corrected chi connectivity index (χ1v) is 11.2. The maximum absolute atomic E-state index is 12.9. The van der Waals surface area contributed by atoms with Gasteiger partial charge in [-0.05, 0) is 39.3 Å². The zero-order valence-electron chi connectivity index (χ0n) is 19.8. The minimum Gasteiger partial charge on any atom is -0.333 e. The standard InChI is InChI=1S/C24H35ClN4O2/c1-8-13-28(22(31)24(6,7)16-25)15-21(30)26-20-14-19(23(3,4)5)27-29(20)18-11-9-17(2)10-12-18/h9-12,14H,8,13,15-16H2,1-7H3,(H,26,30). The van der Waals surface area contributed by atoms with Crippen LogP contribution in [0.15, 0.2) is 30.3 Å². The number of carbonyl (C=O) groups excluding carboxylic acids is 2. The lowest BCUT2D eigenvalue weighted by Gasteiger charge is -2.30. The van der Waals surface area contributed by atoms with Crippen LogP contribution in [0, 0.1) is 12.3 Å². The Morgan fingerprint density at radius 2 is 1.74 bits per heavy atom. The summed E-state index contributed by atoms with van der Waals surface area (Å²) >= 11 is 5.98. The van der Waals surface area contributed by atoms with Gasteiger partial charge >= 0.3 is 0 Å². The molecule has 1 heterocycles. The summed E-state index contributed by atoms with van der Waals surface area (Å²) in [6.45, 7) is 14.3. The molecule has 2 aromatic rings. The Labute approximate surface area is 191 Å². The summed E-state index contributed by atoms with van der Waals surface area (Å²) < 4.78 is 1.74. The van der Waals surface area contributed by atoms with E-state index in [1.54, 1.807) is 23.4 Å². The Morgan fingerprint density at radius 1 is 1.13 bits per heavy atom. The average Bonchev–Trinajstić information content (AvgIpc) is 3.11. The predicted octanol–water partition coefficient (Wildman–Crippen LogP) is 4.92. The number of aromatic nitrogens is 2. The molecule has 0 fully saturated rings. The number of carbonyl (C=O) groups is 2. The molecule has 31 heavy (non-hydrogen) atoms. The second-order valence-corrected chi connectivity index (χ2v) is 9.97. The van der Waals surface area contributed by atoms with E-state index >= 15 is 0 Å². The molecule has 0 aliphatic rings. The van der Waals surface area contributed by atoms with E-state index in [0.717, 1.165) is 23.4 Å². The van der Waals surface area contributed by atoms with E-state index in [1.165, 1.54) is 0 Å². The number of benzene rings is 1. The lowest BCUT2D eigenvalue weighted by Crippen LogP contribution is -2.45. The summed E-state index contributed by atoms with van der Waals surface area (Å²) in [6.07, 6.45) is 0.757. The average molecular weight is 447 g/mol. The van der Waals surface area contributed by atoms with Crippen LogP contribution in [0.3, 0.4) is 0 Å². The summed E-state index contributed by atoms with van der Waals surface area (Å²) in [6, 6.07) is 9.86. The molecular weight excluding hydrogens is 412 g/mol. The normalized spacial score (nSPS) is 12.0. The van der Waals surface area contributed by atoms with E-state index in [-0.39, 0.29) is 29.7 Å². The van der Waals surface area contributed by atoms with Gasteiger partial charge in [0.15, 0.2) is 0 Å². The van der Waals surface area contributed by atoms with Gasteiger partial charge in [0.2, 0.25) is 11.8 Å². The molecule has 2 rings (SSSR count). The van der Waals surface area contributed by atoms with Gasteiger partial charge < -0.3 is 10.2 Å². The van der Waals surface area contributed by atoms with Gasteiger partial charge in [0.1, 0.15) is 5.82 Å². The van der Waals surface area contributed by atoms with Gasteiger partial charge in [-0.15, -0.1) is 11.6 Å². The maximum atomic E-state index is 12.9. The molecule has 7 heteroatoms. The molecule has 0 atom stereocenters. The van der Waals surface area contributed by atoms with Crippen molar-refractivity contribution in [2.75, 3.05) is 24.3 Å². The van der Waals surface area contributed by atoms with Crippen LogP contribution >= 0.6 is 11.6 Å². The van der Waals surface area contributed by atoms with Crippen LogP contribution < -0.4 is 5.32 Å². The van der Waals surface area contributed by atoms with Crippen molar-refractivity contribution in [3.63, 3.8) is 0 Å². The number of alkyl halides is 1. The lowest BCUT2D eigenvalue weighted by atomic mass is 9.92. The van der Waals surface area contributed by atoms with Crippen LogP contribution in [0.25, 0.3) is 5.69 Å². The monoisotopic (exact) mass is 446 g/mol. The van der Waals surface area contributed by atoms with Crippen LogP contribution in [0.1, 0.15) is 59.2 Å². The van der Waals surface area contributed by atoms with Gasteiger partial charge in [0, 0.05) is 23.9 Å². The number of aryl methyl sites for hydroxylation is 1. The van der Waals surface area contributed by atoms with E-state index in [9.17, 15) is 9.59 Å². The van der Waals surface area contributed by atoms with Crippen LogP contribution in [0.5, 0.6) is 0 Å². The van der Waals surface area contributed by atoms with Gasteiger partial charge in [-0.25, -0.2) is 4.68 Å². The quantitative estimate of drug-likeness (QED) is 0.585. The fraction of sp³-hybridized carbons (Fsp3) is 0.542. The number of hydrogen-bond donors (Lipinski definition) is 1. The fourth-order valence-corrected chi connectivity index (χ4v) is 3.20. The maximum Gasteiger partial charge on any atom is 0.245 e. The Hall–Kier alpha value is -2.34. The first kappa shape index (κ1) is 24.9. The molecule has 0 radical (unpaired) electrons. The smallest absolute Gasteiger partial charge is 0.245 e. The second-order valence-electron chi connectivity index (χ2n) is 9.70. The fourth-order valence-electron chi connectivity index (χ4n) is 3.08. The number of nitrogens with zero attached hydrogens (tertiary/aromatic N) is 3. The number of rotatable bonds is 8. The predicted molar refractivity (Wildman–Crippen MR) is 127 cm³/mol. The SMILES string of the molecule is CCCN(CC(=O)Nc1cc(C(C)(C)C)nn1-c1ccc(C)cc1)C(=O)C(C)(C)CCl. The topological polar surface area (TPSA) is 67.2 Å². The highest BCUT2D eigenvalue weighted by Gasteiger charge is 2.32. The summed E-state index contributed by atoms with van der Waals surface area (Å²) in [5.74, 6) is 0.394. The van der Waals surface area contributed by atoms with E-state index in [0.29, 0.717) is 12.4 Å². The molecule has 170 valence electrons. The zero-order chi connectivity index (χ0) is 23.4. The van der Waals surface area contributed by atoms with Gasteiger partial charge in [0.25, 0.3) is 0 Å². The van der Waals surface area contributed by atoms with E-state index < -0.39 is 5.41 Å². The molecule has 1 N–H and O–H groups in total. The van der Waals surface area contributed by atoms with Crippen molar-refractivity contribution in [1.29, 1.82) is 0 Å². The molecule has 0 spiro atoms. The molecule has 0 saturated carbocycles. The van der Waals surface area contributed by atoms with Crippen LogP contribution in [0.4, 0.5) is 5.82 Å². The van der Waals surface area contributed by atoms with Crippen molar-refractivity contribution < 1.29 is 9.59 Å². The minimum atomic E-state index is -0.722. The molecule has 2 amide bonds. The number of anilines is 1. The summed E-state index contributed by atoms with van der Waals surface area (Å²) in [5.41, 5.74) is 1.98. The van der Waals surface area contributed by atoms with Gasteiger partial charge in [-0.1, -0.05) is 45.4 Å². The number of hydrogen-bond acceptors (Lipinski definition) is 3. The summed E-state index contributed by atoms with van der Waals surface area (Å²) in [7, 11) is 0. The Balaban J connectivity index is 2.31. The van der Waals surface area contributed by atoms with Crippen LogP contribution in [-0.2, 0) is 15.0 Å². The Morgan fingerprint density at radius 3 is 2.26 bits per heavy atom. The summed E-state index contributed by atoms with van der Waals surface area (Å²) in [4.78, 5) is 27.4. The van der Waals surface area contributed by atoms with E-state index in [2.05, 4.69) is 26.1 Å². The van der Waals surface area contributed by atoms with Crippen molar-refractivity contribution in [1.82, 2.24) is 14.7 Å². The van der Waals surface area contributed by atoms with Gasteiger partial charge in [0.05, 0.1) is 23.3 Å². The largest absolute Gasteiger partial charge is 0.333 e. The third-order valence-corrected chi connectivity index (χ3v) is 5.72. The molecule has 0 bridgehead atoms. The molecule has 6 nitrogen and oxygen atoms in total. The highest BCUT2D eigenvalue weighted by atomic mass is 35.5. The Kier molecular flexibility index (Phi) is 7.93. The van der Waals surface area contributed by atoms with E-state index in [1.807, 2.05) is 44.2 Å². The number of nitrogens with one attached hydrogen (secondary N) is 1. The highest BCUT2D eigenvalue weighted by molar-refractivity contribution is 6.19. The van der Waals surface area contributed by atoms with Crippen LogP contribution in [-0.4, -0.2) is 45.5 Å². The van der Waals surface area contributed by atoms with Crippen molar-refractivity contribution in [2.24, 2.45) is 5.41 Å². The molecule has 0 saturated heterocycles. The first-order valence-electron chi connectivity index (χ1n) is 10.7. The molecular formula is C24H35ClN4O2. The van der Waals surface area contributed by atoms with Crippen molar-refractivity contribution in [3.8, 4) is 5.69 Å². The van der Waals surface area contributed by atoms with Crippen molar-refractivity contribution in [3.05, 3.63) is 41.6 Å². The second kappa shape index (κ2) is 9.86. The molecule has 1 aromatic carbocycles. The first-order chi connectivity index (χ1) is 14.4. The Bertz CT molecular complexity index is 911. The lowest BCUT2D eigenvalue weighted by molar-refractivity contribution is -0.141. The van der Waals surface area contributed by atoms with Gasteiger partial charge in [-0.2, -0.15) is 5.10 Å². The van der Waals surface area contributed by atoms with Crippen LogP contribution in [0.2, 0.25) is 0 Å². The van der Waals surface area contributed by atoms with Crippen molar-refractivity contribution >= 4 is 29.2 Å².